The van der Waals surface area contributed by atoms with Crippen molar-refractivity contribution in [2.45, 2.75) is 57.9 Å². The highest BCUT2D eigenvalue weighted by Gasteiger charge is 2.22. The van der Waals surface area contributed by atoms with E-state index in [0.29, 0.717) is 0 Å². The van der Waals surface area contributed by atoms with E-state index in [9.17, 15) is 0 Å². The normalized spacial score (nSPS) is 28.4. The first-order valence-corrected chi connectivity index (χ1v) is 6.11. The van der Waals surface area contributed by atoms with Gasteiger partial charge in [-0.15, -0.1) is 0 Å². The van der Waals surface area contributed by atoms with Gasteiger partial charge in [-0.3, -0.25) is 0 Å². The molecule has 0 amide bonds. The lowest BCUT2D eigenvalue weighted by Crippen LogP contribution is -2.32. The third kappa shape index (κ3) is 3.45. The number of hydrogen-bond acceptors (Lipinski definition) is 1. The topological polar surface area (TPSA) is 12.0 Å². The fraction of sp³-hybridized carbons (Fsp3) is 0.846. The van der Waals surface area contributed by atoms with Crippen LogP contribution in [0.1, 0.15) is 51.9 Å². The fourth-order valence-electron chi connectivity index (χ4n) is 2.52. The molecule has 1 N–H and O–H groups in total. The molecule has 0 aliphatic heterocycles. The molecule has 1 saturated carbocycles. The first-order chi connectivity index (χ1) is 6.77. The van der Waals surface area contributed by atoms with Gasteiger partial charge in [-0.2, -0.15) is 0 Å². The van der Waals surface area contributed by atoms with Crippen LogP contribution in [0.3, 0.4) is 0 Å². The maximum atomic E-state index is 4.14. The van der Waals surface area contributed by atoms with Gasteiger partial charge in [0.25, 0.3) is 0 Å². The molecule has 1 fully saturated rings. The lowest BCUT2D eigenvalue weighted by Gasteiger charge is -2.25. The molecule has 0 bridgehead atoms. The summed E-state index contributed by atoms with van der Waals surface area (Å²) < 4.78 is 0. The van der Waals surface area contributed by atoms with Crippen molar-refractivity contribution < 1.29 is 0 Å². The average Bonchev–Trinajstić information content (AvgIpc) is 2.42. The van der Waals surface area contributed by atoms with Gasteiger partial charge in [-0.25, -0.2) is 0 Å². The molecule has 0 saturated heterocycles. The minimum Gasteiger partial charge on any atom is -0.317 e. The first-order valence-electron chi connectivity index (χ1n) is 6.11. The number of rotatable bonds is 4. The Morgan fingerprint density at radius 1 is 1.29 bits per heavy atom. The van der Waals surface area contributed by atoms with Gasteiger partial charge in [0.05, 0.1) is 0 Å². The number of hydrogen-bond donors (Lipinski definition) is 1. The van der Waals surface area contributed by atoms with Crippen molar-refractivity contribution in [2.24, 2.45) is 5.92 Å². The molecule has 0 aromatic rings. The monoisotopic (exact) mass is 195 g/mol. The first kappa shape index (κ1) is 11.8. The van der Waals surface area contributed by atoms with E-state index in [1.807, 2.05) is 0 Å². The van der Waals surface area contributed by atoms with E-state index in [4.69, 9.17) is 0 Å². The van der Waals surface area contributed by atoms with E-state index in [1.54, 1.807) is 0 Å². The van der Waals surface area contributed by atoms with Crippen molar-refractivity contribution in [3.05, 3.63) is 12.2 Å². The Bertz CT molecular complexity index is 174. The summed E-state index contributed by atoms with van der Waals surface area (Å²) >= 11 is 0. The standard InChI is InChI=1S/C13H25N/c1-4-11(2)10-12-8-6-5-7-9-13(12)14-3/h12-14H,2,4-10H2,1,3H3. The van der Waals surface area contributed by atoms with Gasteiger partial charge in [0.1, 0.15) is 0 Å². The smallest absolute Gasteiger partial charge is 0.00953 e. The molecule has 14 heavy (non-hydrogen) atoms. The fourth-order valence-corrected chi connectivity index (χ4v) is 2.52. The van der Waals surface area contributed by atoms with Crippen LogP contribution in [0, 0.1) is 5.92 Å². The summed E-state index contributed by atoms with van der Waals surface area (Å²) in [5.74, 6) is 0.843. The maximum absolute atomic E-state index is 4.14. The molecule has 0 heterocycles. The van der Waals surface area contributed by atoms with Crippen molar-refractivity contribution >= 4 is 0 Å². The second kappa shape index (κ2) is 6.23. The second-order valence-corrected chi connectivity index (χ2v) is 4.60. The molecule has 2 atom stereocenters. The minimum absolute atomic E-state index is 0.737. The van der Waals surface area contributed by atoms with E-state index < -0.39 is 0 Å². The van der Waals surface area contributed by atoms with Crippen LogP contribution in [0.25, 0.3) is 0 Å². The van der Waals surface area contributed by atoms with Crippen molar-refractivity contribution in [1.29, 1.82) is 0 Å². The van der Waals surface area contributed by atoms with Crippen molar-refractivity contribution in [3.63, 3.8) is 0 Å². The summed E-state index contributed by atoms with van der Waals surface area (Å²) in [5.41, 5.74) is 1.43. The summed E-state index contributed by atoms with van der Waals surface area (Å²) in [4.78, 5) is 0. The van der Waals surface area contributed by atoms with E-state index in [1.165, 1.54) is 44.1 Å². The Balaban J connectivity index is 2.47. The molecule has 1 aliphatic carbocycles. The van der Waals surface area contributed by atoms with Crippen LogP contribution in [-0.4, -0.2) is 13.1 Å². The Kier molecular flexibility index (Phi) is 5.24. The van der Waals surface area contributed by atoms with Crippen LogP contribution in [0.5, 0.6) is 0 Å². The van der Waals surface area contributed by atoms with Crippen molar-refractivity contribution in [1.82, 2.24) is 5.32 Å². The molecule has 82 valence electrons. The summed E-state index contributed by atoms with van der Waals surface area (Å²) in [5, 5.41) is 3.48. The van der Waals surface area contributed by atoms with Crippen LogP contribution in [0.4, 0.5) is 0 Å². The highest BCUT2D eigenvalue weighted by Crippen LogP contribution is 2.28. The molecule has 1 rings (SSSR count). The maximum Gasteiger partial charge on any atom is 0.00953 e. The summed E-state index contributed by atoms with van der Waals surface area (Å²) in [6.45, 7) is 6.35. The lowest BCUT2D eigenvalue weighted by atomic mass is 9.88. The van der Waals surface area contributed by atoms with Gasteiger partial charge < -0.3 is 5.32 Å². The highest BCUT2D eigenvalue weighted by molar-refractivity contribution is 4.97. The molecule has 0 spiro atoms. The molecule has 1 aliphatic rings. The zero-order valence-electron chi connectivity index (χ0n) is 9.81. The highest BCUT2D eigenvalue weighted by atomic mass is 14.9. The predicted octanol–water partition coefficient (Wildman–Crippen LogP) is 3.51. The van der Waals surface area contributed by atoms with Crippen LogP contribution in [-0.2, 0) is 0 Å². The molecule has 0 aromatic carbocycles. The Morgan fingerprint density at radius 3 is 2.64 bits per heavy atom. The van der Waals surface area contributed by atoms with E-state index in [0.717, 1.165) is 18.4 Å². The molecule has 2 unspecified atom stereocenters. The van der Waals surface area contributed by atoms with E-state index >= 15 is 0 Å². The van der Waals surface area contributed by atoms with Crippen LogP contribution in [0.15, 0.2) is 12.2 Å². The van der Waals surface area contributed by atoms with Gasteiger partial charge in [-0.05, 0) is 38.6 Å². The Hall–Kier alpha value is -0.300. The molecule has 0 aromatic heterocycles. The van der Waals surface area contributed by atoms with Gasteiger partial charge >= 0.3 is 0 Å². The van der Waals surface area contributed by atoms with Gasteiger partial charge in [0, 0.05) is 6.04 Å². The zero-order chi connectivity index (χ0) is 10.4. The molecular formula is C13H25N. The average molecular weight is 195 g/mol. The van der Waals surface area contributed by atoms with Gasteiger partial charge in [0.2, 0.25) is 0 Å². The quantitative estimate of drug-likeness (QED) is 0.534. The van der Waals surface area contributed by atoms with Crippen molar-refractivity contribution in [3.8, 4) is 0 Å². The molecule has 0 radical (unpaired) electrons. The SMILES string of the molecule is C=C(CC)CC1CCCCCC1NC. The Morgan fingerprint density at radius 2 is 2.00 bits per heavy atom. The summed E-state index contributed by atoms with van der Waals surface area (Å²) in [6.07, 6.45) is 9.38. The van der Waals surface area contributed by atoms with Crippen LogP contribution >= 0.6 is 0 Å². The van der Waals surface area contributed by atoms with Gasteiger partial charge in [0.15, 0.2) is 0 Å². The van der Waals surface area contributed by atoms with Crippen molar-refractivity contribution in [2.75, 3.05) is 7.05 Å². The summed E-state index contributed by atoms with van der Waals surface area (Å²) in [6, 6.07) is 0.737. The second-order valence-electron chi connectivity index (χ2n) is 4.60. The predicted molar refractivity (Wildman–Crippen MR) is 63.5 cm³/mol. The molecular weight excluding hydrogens is 170 g/mol. The Labute approximate surface area is 89.0 Å². The zero-order valence-corrected chi connectivity index (χ0v) is 9.81. The largest absolute Gasteiger partial charge is 0.317 e. The molecule has 1 heteroatoms. The minimum atomic E-state index is 0.737. The number of nitrogens with one attached hydrogen (secondary N) is 1. The third-order valence-electron chi connectivity index (χ3n) is 3.58. The third-order valence-corrected chi connectivity index (χ3v) is 3.58. The van der Waals surface area contributed by atoms with E-state index in [2.05, 4.69) is 25.9 Å². The summed E-state index contributed by atoms with van der Waals surface area (Å²) in [7, 11) is 2.11. The van der Waals surface area contributed by atoms with Crippen LogP contribution < -0.4 is 5.32 Å². The lowest BCUT2D eigenvalue weighted by molar-refractivity contribution is 0.348. The van der Waals surface area contributed by atoms with E-state index in [-0.39, 0.29) is 0 Å². The number of allylic oxidation sites excluding steroid dienone is 1. The molecule has 1 nitrogen and oxygen atoms in total. The van der Waals surface area contributed by atoms with Crippen LogP contribution in [0.2, 0.25) is 0 Å². The van der Waals surface area contributed by atoms with Gasteiger partial charge in [-0.1, -0.05) is 38.3 Å².